The molecule has 0 atom stereocenters. The summed E-state index contributed by atoms with van der Waals surface area (Å²) >= 11 is 6.05. The summed E-state index contributed by atoms with van der Waals surface area (Å²) in [6, 6.07) is 10.0. The Labute approximate surface area is 122 Å². The quantitative estimate of drug-likeness (QED) is 0.691. The first kappa shape index (κ1) is 13.1. The van der Waals surface area contributed by atoms with Gasteiger partial charge in [0.15, 0.2) is 0 Å². The van der Waals surface area contributed by atoms with Crippen LogP contribution >= 0.6 is 11.6 Å². The van der Waals surface area contributed by atoms with Gasteiger partial charge in [0, 0.05) is 18.9 Å². The van der Waals surface area contributed by atoms with Gasteiger partial charge < -0.3 is 4.74 Å². The van der Waals surface area contributed by atoms with Crippen molar-refractivity contribution >= 4 is 22.6 Å². The van der Waals surface area contributed by atoms with Gasteiger partial charge in [0.1, 0.15) is 11.3 Å². The van der Waals surface area contributed by atoms with Crippen LogP contribution < -0.4 is 0 Å². The van der Waals surface area contributed by atoms with Crippen LogP contribution in [0.15, 0.2) is 42.7 Å². The van der Waals surface area contributed by atoms with E-state index in [1.807, 2.05) is 30.3 Å². The number of methoxy groups -OCH3 is 1. The minimum Gasteiger partial charge on any atom is -0.380 e. The standard InChI is InChI=1S/C15H14ClN3O/c1-20-10-11-4-2-3-5-13(11)19-14-6-7-17-9-12(14)18-15(19)8-16/h2-7,9H,8,10H2,1H3. The summed E-state index contributed by atoms with van der Waals surface area (Å²) in [5.74, 6) is 1.15. The largest absolute Gasteiger partial charge is 0.380 e. The van der Waals surface area contributed by atoms with E-state index in [2.05, 4.69) is 14.5 Å². The summed E-state index contributed by atoms with van der Waals surface area (Å²) < 4.78 is 7.34. The zero-order valence-electron chi connectivity index (χ0n) is 11.1. The Kier molecular flexibility index (Phi) is 3.67. The van der Waals surface area contributed by atoms with E-state index >= 15 is 0 Å². The fourth-order valence-corrected chi connectivity index (χ4v) is 2.53. The highest BCUT2D eigenvalue weighted by Crippen LogP contribution is 2.24. The van der Waals surface area contributed by atoms with E-state index in [0.717, 1.165) is 28.1 Å². The van der Waals surface area contributed by atoms with Crippen LogP contribution in [0.25, 0.3) is 16.7 Å². The normalized spacial score (nSPS) is 11.1. The number of imidazole rings is 1. The predicted octanol–water partition coefficient (Wildman–Crippen LogP) is 3.31. The Bertz CT molecular complexity index is 739. The Morgan fingerprint density at radius 2 is 2.10 bits per heavy atom. The van der Waals surface area contributed by atoms with Crippen molar-refractivity contribution in [2.24, 2.45) is 0 Å². The fraction of sp³-hybridized carbons (Fsp3) is 0.200. The van der Waals surface area contributed by atoms with E-state index in [1.165, 1.54) is 0 Å². The van der Waals surface area contributed by atoms with Crippen LogP contribution in [-0.4, -0.2) is 21.6 Å². The number of halogens is 1. The lowest BCUT2D eigenvalue weighted by molar-refractivity contribution is 0.185. The van der Waals surface area contributed by atoms with Crippen molar-refractivity contribution in [2.75, 3.05) is 7.11 Å². The molecule has 4 nitrogen and oxygen atoms in total. The van der Waals surface area contributed by atoms with Crippen molar-refractivity contribution < 1.29 is 4.74 Å². The number of alkyl halides is 1. The van der Waals surface area contributed by atoms with Gasteiger partial charge in [-0.3, -0.25) is 9.55 Å². The first-order valence-corrected chi connectivity index (χ1v) is 6.83. The Morgan fingerprint density at radius 3 is 2.90 bits per heavy atom. The van der Waals surface area contributed by atoms with Crippen LogP contribution in [0.2, 0.25) is 0 Å². The third-order valence-electron chi connectivity index (χ3n) is 3.18. The average Bonchev–Trinajstić information content (AvgIpc) is 2.86. The van der Waals surface area contributed by atoms with Gasteiger partial charge in [-0.15, -0.1) is 11.6 Å². The molecule has 3 aromatic rings. The highest BCUT2D eigenvalue weighted by molar-refractivity contribution is 6.17. The van der Waals surface area contributed by atoms with E-state index in [9.17, 15) is 0 Å². The highest BCUT2D eigenvalue weighted by atomic mass is 35.5. The van der Waals surface area contributed by atoms with Crippen LogP contribution in [0, 0.1) is 0 Å². The fourth-order valence-electron chi connectivity index (χ4n) is 2.35. The molecule has 2 heterocycles. The number of rotatable bonds is 4. The van der Waals surface area contributed by atoms with Gasteiger partial charge in [-0.25, -0.2) is 4.98 Å². The molecule has 0 unspecified atom stereocenters. The molecule has 2 aromatic heterocycles. The van der Waals surface area contributed by atoms with E-state index in [0.29, 0.717) is 12.5 Å². The van der Waals surface area contributed by atoms with Gasteiger partial charge in [-0.05, 0) is 12.1 Å². The monoisotopic (exact) mass is 287 g/mol. The van der Waals surface area contributed by atoms with Crippen molar-refractivity contribution in [2.45, 2.75) is 12.5 Å². The summed E-state index contributed by atoms with van der Waals surface area (Å²) in [5, 5.41) is 0. The van der Waals surface area contributed by atoms with Gasteiger partial charge in [-0.2, -0.15) is 0 Å². The Balaban J connectivity index is 2.28. The Morgan fingerprint density at radius 1 is 1.25 bits per heavy atom. The molecule has 5 heteroatoms. The Hall–Kier alpha value is -1.91. The predicted molar refractivity (Wildman–Crippen MR) is 79.1 cm³/mol. The van der Waals surface area contributed by atoms with Crippen LogP contribution in [0.4, 0.5) is 0 Å². The molecule has 0 bridgehead atoms. The molecular weight excluding hydrogens is 274 g/mol. The topological polar surface area (TPSA) is 39.9 Å². The van der Waals surface area contributed by atoms with Crippen molar-refractivity contribution in [3.05, 3.63) is 54.1 Å². The van der Waals surface area contributed by atoms with Crippen molar-refractivity contribution in [1.82, 2.24) is 14.5 Å². The van der Waals surface area contributed by atoms with Crippen molar-refractivity contribution in [1.29, 1.82) is 0 Å². The van der Waals surface area contributed by atoms with Crippen LogP contribution in [-0.2, 0) is 17.2 Å². The number of hydrogen-bond donors (Lipinski definition) is 0. The maximum absolute atomic E-state index is 6.05. The molecule has 0 N–H and O–H groups in total. The van der Waals surface area contributed by atoms with Gasteiger partial charge >= 0.3 is 0 Å². The summed E-state index contributed by atoms with van der Waals surface area (Å²) in [6.45, 7) is 0.544. The van der Waals surface area contributed by atoms with Gasteiger partial charge in [0.05, 0.1) is 29.9 Å². The SMILES string of the molecule is COCc1ccccc1-n1c(CCl)nc2cnccc21. The molecule has 0 spiro atoms. The zero-order chi connectivity index (χ0) is 13.9. The molecule has 1 aromatic carbocycles. The molecule has 0 amide bonds. The lowest BCUT2D eigenvalue weighted by Gasteiger charge is -2.12. The van der Waals surface area contributed by atoms with E-state index < -0.39 is 0 Å². The summed E-state index contributed by atoms with van der Waals surface area (Å²) in [5.41, 5.74) is 3.98. The summed E-state index contributed by atoms with van der Waals surface area (Å²) in [4.78, 5) is 8.65. The molecule has 0 aliphatic heterocycles. The minimum absolute atomic E-state index is 0.343. The average molecular weight is 288 g/mol. The summed E-state index contributed by atoms with van der Waals surface area (Å²) in [7, 11) is 1.69. The van der Waals surface area contributed by atoms with Gasteiger partial charge in [0.2, 0.25) is 0 Å². The van der Waals surface area contributed by atoms with Crippen molar-refractivity contribution in [3.8, 4) is 5.69 Å². The second-order valence-corrected chi connectivity index (χ2v) is 4.69. The van der Waals surface area contributed by atoms with Crippen molar-refractivity contribution in [3.63, 3.8) is 0 Å². The molecule has 102 valence electrons. The molecule has 0 fully saturated rings. The zero-order valence-corrected chi connectivity index (χ0v) is 11.8. The molecule has 3 rings (SSSR count). The molecule has 0 saturated carbocycles. The number of nitrogens with zero attached hydrogens (tertiary/aromatic N) is 3. The molecular formula is C15H14ClN3O. The molecule has 0 aliphatic carbocycles. The van der Waals surface area contributed by atoms with Crippen LogP contribution in [0.3, 0.4) is 0 Å². The number of fused-ring (bicyclic) bond motifs is 1. The maximum Gasteiger partial charge on any atom is 0.129 e. The second-order valence-electron chi connectivity index (χ2n) is 4.42. The van der Waals surface area contributed by atoms with E-state index in [1.54, 1.807) is 19.5 Å². The van der Waals surface area contributed by atoms with E-state index in [-0.39, 0.29) is 0 Å². The lowest BCUT2D eigenvalue weighted by Crippen LogP contribution is -2.04. The highest BCUT2D eigenvalue weighted by Gasteiger charge is 2.14. The number of hydrogen-bond acceptors (Lipinski definition) is 3. The molecule has 0 radical (unpaired) electrons. The molecule has 0 aliphatic rings. The lowest BCUT2D eigenvalue weighted by atomic mass is 10.2. The van der Waals surface area contributed by atoms with Gasteiger partial charge in [0.25, 0.3) is 0 Å². The first-order valence-electron chi connectivity index (χ1n) is 6.29. The van der Waals surface area contributed by atoms with Gasteiger partial charge in [-0.1, -0.05) is 18.2 Å². The number of ether oxygens (including phenoxy) is 1. The molecule has 20 heavy (non-hydrogen) atoms. The first-order chi connectivity index (χ1) is 9.85. The number of para-hydroxylation sites is 1. The third-order valence-corrected chi connectivity index (χ3v) is 3.42. The maximum atomic E-state index is 6.05. The number of benzene rings is 1. The smallest absolute Gasteiger partial charge is 0.129 e. The van der Waals surface area contributed by atoms with Crippen LogP contribution in [0.5, 0.6) is 0 Å². The van der Waals surface area contributed by atoms with E-state index in [4.69, 9.17) is 16.3 Å². The van der Waals surface area contributed by atoms with Crippen LogP contribution in [0.1, 0.15) is 11.4 Å². The minimum atomic E-state index is 0.343. The number of aromatic nitrogens is 3. The third kappa shape index (κ3) is 2.17. The summed E-state index contributed by atoms with van der Waals surface area (Å²) in [6.07, 6.45) is 3.51. The molecule has 0 saturated heterocycles. The number of pyridine rings is 1. The second kappa shape index (κ2) is 5.61.